The Labute approximate surface area is 126 Å². The van der Waals surface area contributed by atoms with Gasteiger partial charge in [-0.3, -0.25) is 0 Å². The van der Waals surface area contributed by atoms with E-state index in [0.29, 0.717) is 6.04 Å². The normalized spacial score (nSPS) is 23.4. The molecule has 3 heterocycles. The lowest BCUT2D eigenvalue weighted by atomic mass is 10.00. The molecule has 6 heteroatoms. The Hall–Kier alpha value is -1.56. The topological polar surface area (TPSA) is 67.5 Å². The van der Waals surface area contributed by atoms with Crippen LogP contribution in [0.2, 0.25) is 0 Å². The molecule has 116 valence electrons. The number of hydrogen-bond donors (Lipinski definition) is 1. The number of aromatic nitrogens is 2. The fourth-order valence-corrected chi connectivity index (χ4v) is 3.34. The first-order valence-electron chi connectivity index (χ1n) is 8.01. The molecule has 1 unspecified atom stereocenters. The van der Waals surface area contributed by atoms with Gasteiger partial charge in [0.2, 0.25) is 0 Å². The summed E-state index contributed by atoms with van der Waals surface area (Å²) < 4.78 is 5.41. The number of rotatable bonds is 3. The van der Waals surface area contributed by atoms with Gasteiger partial charge in [-0.2, -0.15) is 0 Å². The highest BCUT2D eigenvalue weighted by Crippen LogP contribution is 2.33. The van der Waals surface area contributed by atoms with Crippen LogP contribution in [0.3, 0.4) is 0 Å². The molecule has 1 aromatic rings. The van der Waals surface area contributed by atoms with Gasteiger partial charge in [0.05, 0.1) is 13.2 Å². The number of nitrogen functional groups attached to an aromatic ring is 1. The van der Waals surface area contributed by atoms with Gasteiger partial charge < -0.3 is 20.3 Å². The van der Waals surface area contributed by atoms with Gasteiger partial charge in [0, 0.05) is 25.7 Å². The lowest BCUT2D eigenvalue weighted by Crippen LogP contribution is -2.41. The van der Waals surface area contributed by atoms with E-state index in [1.807, 2.05) is 0 Å². The molecular formula is C15H25N5O. The van der Waals surface area contributed by atoms with Crippen LogP contribution in [0.4, 0.5) is 17.3 Å². The van der Waals surface area contributed by atoms with Crippen LogP contribution < -0.4 is 15.5 Å². The number of nitrogens with zero attached hydrogens (tertiary/aromatic N) is 4. The van der Waals surface area contributed by atoms with Crippen molar-refractivity contribution in [2.45, 2.75) is 38.6 Å². The van der Waals surface area contributed by atoms with Crippen molar-refractivity contribution in [1.82, 2.24) is 9.97 Å². The highest BCUT2D eigenvalue weighted by Gasteiger charge is 2.26. The molecule has 0 amide bonds. The number of morpholine rings is 1. The van der Waals surface area contributed by atoms with E-state index in [9.17, 15) is 0 Å². The van der Waals surface area contributed by atoms with Gasteiger partial charge in [0.1, 0.15) is 12.0 Å². The van der Waals surface area contributed by atoms with E-state index >= 15 is 0 Å². The van der Waals surface area contributed by atoms with Gasteiger partial charge in [-0.25, -0.2) is 9.97 Å². The molecule has 0 spiro atoms. The maximum absolute atomic E-state index is 6.41. The van der Waals surface area contributed by atoms with Crippen molar-refractivity contribution in [3.63, 3.8) is 0 Å². The molecule has 3 rings (SSSR count). The molecule has 0 aliphatic carbocycles. The van der Waals surface area contributed by atoms with Crippen LogP contribution in [-0.4, -0.2) is 48.9 Å². The first-order chi connectivity index (χ1) is 10.3. The third-order valence-corrected chi connectivity index (χ3v) is 4.52. The molecule has 0 saturated carbocycles. The summed E-state index contributed by atoms with van der Waals surface area (Å²) in [6.45, 7) is 6.45. The SMILES string of the molecule is CCC1CCCCN1c1ncnc(N2CCOCC2)c1N. The van der Waals surface area contributed by atoms with Crippen molar-refractivity contribution in [3.8, 4) is 0 Å². The van der Waals surface area contributed by atoms with Gasteiger partial charge >= 0.3 is 0 Å². The number of piperidine rings is 1. The van der Waals surface area contributed by atoms with Gasteiger partial charge in [-0.1, -0.05) is 6.92 Å². The third-order valence-electron chi connectivity index (χ3n) is 4.52. The quantitative estimate of drug-likeness (QED) is 0.913. The van der Waals surface area contributed by atoms with Crippen molar-refractivity contribution in [2.24, 2.45) is 0 Å². The largest absolute Gasteiger partial charge is 0.393 e. The Morgan fingerprint density at radius 1 is 1.19 bits per heavy atom. The molecule has 0 aromatic carbocycles. The predicted molar refractivity (Wildman–Crippen MR) is 84.8 cm³/mol. The average Bonchev–Trinajstić information content (AvgIpc) is 2.56. The summed E-state index contributed by atoms with van der Waals surface area (Å²) >= 11 is 0. The van der Waals surface area contributed by atoms with Crippen LogP contribution in [0.15, 0.2) is 6.33 Å². The molecule has 2 fully saturated rings. The molecule has 6 nitrogen and oxygen atoms in total. The van der Waals surface area contributed by atoms with Crippen LogP contribution in [0.5, 0.6) is 0 Å². The molecule has 2 aliphatic heterocycles. The lowest BCUT2D eigenvalue weighted by Gasteiger charge is -2.37. The smallest absolute Gasteiger partial charge is 0.157 e. The summed E-state index contributed by atoms with van der Waals surface area (Å²) in [7, 11) is 0. The van der Waals surface area contributed by atoms with Crippen molar-refractivity contribution >= 4 is 17.3 Å². The van der Waals surface area contributed by atoms with E-state index in [1.54, 1.807) is 6.33 Å². The molecule has 1 aromatic heterocycles. The van der Waals surface area contributed by atoms with Crippen LogP contribution in [0, 0.1) is 0 Å². The van der Waals surface area contributed by atoms with Crippen LogP contribution in [0.1, 0.15) is 32.6 Å². The molecule has 2 saturated heterocycles. The van der Waals surface area contributed by atoms with Crippen LogP contribution in [0.25, 0.3) is 0 Å². The van der Waals surface area contributed by atoms with E-state index in [1.165, 1.54) is 19.3 Å². The summed E-state index contributed by atoms with van der Waals surface area (Å²) in [4.78, 5) is 13.5. The van der Waals surface area contributed by atoms with Crippen molar-refractivity contribution in [1.29, 1.82) is 0 Å². The minimum atomic E-state index is 0.550. The Kier molecular flexibility index (Phi) is 4.43. The molecule has 2 aliphatic rings. The fraction of sp³-hybridized carbons (Fsp3) is 0.733. The summed E-state index contributed by atoms with van der Waals surface area (Å²) in [6, 6.07) is 0.550. The zero-order valence-corrected chi connectivity index (χ0v) is 12.8. The van der Waals surface area contributed by atoms with Crippen LogP contribution >= 0.6 is 0 Å². The average molecular weight is 291 g/mol. The fourth-order valence-electron chi connectivity index (χ4n) is 3.34. The maximum atomic E-state index is 6.41. The number of anilines is 3. The zero-order valence-electron chi connectivity index (χ0n) is 12.8. The van der Waals surface area contributed by atoms with E-state index in [0.717, 1.165) is 56.6 Å². The maximum Gasteiger partial charge on any atom is 0.157 e. The molecule has 2 N–H and O–H groups in total. The second-order valence-corrected chi connectivity index (χ2v) is 5.79. The van der Waals surface area contributed by atoms with E-state index < -0.39 is 0 Å². The van der Waals surface area contributed by atoms with E-state index in [4.69, 9.17) is 10.5 Å². The lowest BCUT2D eigenvalue weighted by molar-refractivity contribution is 0.122. The van der Waals surface area contributed by atoms with Crippen molar-refractivity contribution in [3.05, 3.63) is 6.33 Å². The first kappa shape index (κ1) is 14.4. The minimum absolute atomic E-state index is 0.550. The van der Waals surface area contributed by atoms with Gasteiger partial charge in [0.15, 0.2) is 11.6 Å². The van der Waals surface area contributed by atoms with Crippen molar-refractivity contribution < 1.29 is 4.74 Å². The Morgan fingerprint density at radius 2 is 1.95 bits per heavy atom. The molecular weight excluding hydrogens is 266 g/mol. The Morgan fingerprint density at radius 3 is 2.71 bits per heavy atom. The second-order valence-electron chi connectivity index (χ2n) is 5.79. The van der Waals surface area contributed by atoms with Crippen LogP contribution in [-0.2, 0) is 4.74 Å². The minimum Gasteiger partial charge on any atom is -0.393 e. The first-order valence-corrected chi connectivity index (χ1v) is 8.01. The summed E-state index contributed by atoms with van der Waals surface area (Å²) in [6.07, 6.45) is 6.53. The van der Waals surface area contributed by atoms with E-state index in [2.05, 4.69) is 26.7 Å². The number of ether oxygens (including phenoxy) is 1. The summed E-state index contributed by atoms with van der Waals surface area (Å²) in [5.41, 5.74) is 7.13. The van der Waals surface area contributed by atoms with Crippen molar-refractivity contribution in [2.75, 3.05) is 48.4 Å². The molecule has 0 bridgehead atoms. The van der Waals surface area contributed by atoms with E-state index in [-0.39, 0.29) is 0 Å². The summed E-state index contributed by atoms with van der Waals surface area (Å²) in [5, 5.41) is 0. The van der Waals surface area contributed by atoms with Gasteiger partial charge in [0.25, 0.3) is 0 Å². The third kappa shape index (κ3) is 2.90. The Bertz CT molecular complexity index is 475. The summed E-state index contributed by atoms with van der Waals surface area (Å²) in [5.74, 6) is 1.78. The van der Waals surface area contributed by atoms with Gasteiger partial charge in [-0.05, 0) is 25.7 Å². The predicted octanol–water partition coefficient (Wildman–Crippen LogP) is 1.66. The number of hydrogen-bond acceptors (Lipinski definition) is 6. The zero-order chi connectivity index (χ0) is 14.7. The monoisotopic (exact) mass is 291 g/mol. The second kappa shape index (κ2) is 6.47. The Balaban J connectivity index is 1.88. The molecule has 21 heavy (non-hydrogen) atoms. The standard InChI is InChI=1S/C15H25N5O/c1-2-12-5-3-4-6-20(12)15-13(16)14(17-11-18-15)19-7-9-21-10-8-19/h11-12H,2-10,16H2,1H3. The number of nitrogens with two attached hydrogens (primary N) is 1. The highest BCUT2D eigenvalue weighted by molar-refractivity contribution is 5.76. The molecule has 0 radical (unpaired) electrons. The van der Waals surface area contributed by atoms with Gasteiger partial charge in [-0.15, -0.1) is 0 Å². The highest BCUT2D eigenvalue weighted by atomic mass is 16.5. The molecule has 1 atom stereocenters.